The Hall–Kier alpha value is -2.30. The van der Waals surface area contributed by atoms with Crippen LogP contribution in [-0.4, -0.2) is 16.2 Å². The first kappa shape index (κ1) is 14.6. The van der Waals surface area contributed by atoms with Crippen molar-refractivity contribution in [3.8, 4) is 0 Å². The molecule has 1 heterocycles. The van der Waals surface area contributed by atoms with Crippen LogP contribution in [0.3, 0.4) is 0 Å². The van der Waals surface area contributed by atoms with Crippen molar-refractivity contribution in [2.75, 3.05) is 5.32 Å². The highest BCUT2D eigenvalue weighted by atomic mass is 16.5. The molecular weight excluding hydrogens is 280 g/mol. The van der Waals surface area contributed by atoms with Crippen molar-refractivity contribution in [1.82, 2.24) is 5.16 Å². The summed E-state index contributed by atoms with van der Waals surface area (Å²) in [5.41, 5.74) is 3.11. The average Bonchev–Trinajstić information content (AvgIpc) is 3.25. The van der Waals surface area contributed by atoms with E-state index in [1.807, 2.05) is 30.3 Å². The van der Waals surface area contributed by atoms with Gasteiger partial charge in [-0.25, -0.2) is 0 Å². The molecule has 3 rings (SSSR count). The largest absolute Gasteiger partial charge is 0.481 e. The van der Waals surface area contributed by atoms with E-state index in [0.717, 1.165) is 29.1 Å². The molecule has 1 aromatic carbocycles. The molecule has 1 saturated carbocycles. The normalized spacial score (nSPS) is 14.0. The molecule has 1 aliphatic rings. The van der Waals surface area contributed by atoms with E-state index in [9.17, 15) is 4.79 Å². The number of aromatic nitrogens is 1. The van der Waals surface area contributed by atoms with Crippen molar-refractivity contribution < 1.29 is 14.4 Å². The van der Waals surface area contributed by atoms with E-state index in [0.29, 0.717) is 18.9 Å². The number of anilines is 1. The van der Waals surface area contributed by atoms with E-state index in [1.165, 1.54) is 12.8 Å². The second-order valence-electron chi connectivity index (χ2n) is 5.79. The quantitative estimate of drug-likeness (QED) is 0.779. The zero-order valence-electron chi connectivity index (χ0n) is 12.4. The average molecular weight is 300 g/mol. The van der Waals surface area contributed by atoms with Gasteiger partial charge in [0.15, 0.2) is 0 Å². The van der Waals surface area contributed by atoms with Crippen LogP contribution in [0.25, 0.3) is 0 Å². The molecule has 5 nitrogen and oxygen atoms in total. The maximum atomic E-state index is 10.5. The van der Waals surface area contributed by atoms with E-state index >= 15 is 0 Å². The van der Waals surface area contributed by atoms with E-state index in [2.05, 4.69) is 10.5 Å². The molecule has 0 radical (unpaired) electrons. The number of nitrogens with zero attached hydrogens (tertiary/aromatic N) is 1. The van der Waals surface area contributed by atoms with E-state index < -0.39 is 5.97 Å². The van der Waals surface area contributed by atoms with Gasteiger partial charge in [0.2, 0.25) is 0 Å². The van der Waals surface area contributed by atoms with Crippen molar-refractivity contribution in [2.45, 2.75) is 44.6 Å². The molecule has 1 aromatic heterocycles. The summed E-state index contributed by atoms with van der Waals surface area (Å²) in [5.74, 6) is 0.855. The number of carbonyl (C=O) groups is 1. The molecule has 0 spiro atoms. The van der Waals surface area contributed by atoms with E-state index in [-0.39, 0.29) is 6.42 Å². The second kappa shape index (κ2) is 6.64. The van der Waals surface area contributed by atoms with Gasteiger partial charge in [-0.2, -0.15) is 0 Å². The first-order valence-electron chi connectivity index (χ1n) is 7.71. The highest BCUT2D eigenvalue weighted by Crippen LogP contribution is 2.40. The monoisotopic (exact) mass is 300 g/mol. The fraction of sp³-hybridized carbons (Fsp3) is 0.412. The second-order valence-corrected chi connectivity index (χ2v) is 5.79. The van der Waals surface area contributed by atoms with Crippen LogP contribution in [0.4, 0.5) is 5.69 Å². The molecule has 0 aliphatic heterocycles. The zero-order chi connectivity index (χ0) is 15.4. The van der Waals surface area contributed by atoms with Crippen LogP contribution in [-0.2, 0) is 17.8 Å². The Labute approximate surface area is 129 Å². The lowest BCUT2D eigenvalue weighted by atomic mass is 10.1. The molecule has 0 saturated heterocycles. The molecule has 0 atom stereocenters. The minimum Gasteiger partial charge on any atom is -0.481 e. The van der Waals surface area contributed by atoms with Crippen molar-refractivity contribution in [3.05, 3.63) is 47.3 Å². The molecular formula is C17H20N2O3. The number of hydrogen-bond donors (Lipinski definition) is 2. The zero-order valence-corrected chi connectivity index (χ0v) is 12.4. The van der Waals surface area contributed by atoms with Gasteiger partial charge in [0.05, 0.1) is 6.54 Å². The number of carboxylic acids is 1. The number of rotatable bonds is 8. The van der Waals surface area contributed by atoms with Crippen molar-refractivity contribution in [1.29, 1.82) is 0 Å². The third-order valence-corrected chi connectivity index (χ3v) is 3.84. The third-order valence-electron chi connectivity index (χ3n) is 3.84. The minimum absolute atomic E-state index is 0.218. The highest BCUT2D eigenvalue weighted by molar-refractivity contribution is 5.66. The Bertz CT molecular complexity index is 630. The maximum Gasteiger partial charge on any atom is 0.303 e. The first-order valence-corrected chi connectivity index (χ1v) is 7.71. The minimum atomic E-state index is -0.739. The molecule has 0 bridgehead atoms. The number of aliphatic carboxylic acids is 1. The molecule has 5 heteroatoms. The predicted molar refractivity (Wildman–Crippen MR) is 82.8 cm³/mol. The molecule has 0 amide bonds. The standard InChI is InChI=1S/C17H20N2O3/c20-17(21)3-1-2-12-4-8-14(9-5-12)18-11-15-10-16(22-19-15)13-6-7-13/h4-5,8-10,13,18H,1-3,6-7,11H2,(H,20,21). The molecule has 2 N–H and O–H groups in total. The summed E-state index contributed by atoms with van der Waals surface area (Å²) >= 11 is 0. The lowest BCUT2D eigenvalue weighted by molar-refractivity contribution is -0.137. The SMILES string of the molecule is O=C(O)CCCc1ccc(NCc2cc(C3CC3)on2)cc1. The van der Waals surface area contributed by atoms with Crippen LogP contribution in [0.15, 0.2) is 34.9 Å². The first-order chi connectivity index (χ1) is 10.7. The van der Waals surface area contributed by atoms with Gasteiger partial charge < -0.3 is 14.9 Å². The predicted octanol–water partition coefficient (Wildman–Crippen LogP) is 3.57. The van der Waals surface area contributed by atoms with Gasteiger partial charge in [-0.15, -0.1) is 0 Å². The van der Waals surface area contributed by atoms with Crippen molar-refractivity contribution in [3.63, 3.8) is 0 Å². The fourth-order valence-electron chi connectivity index (χ4n) is 2.40. The molecule has 1 aliphatic carbocycles. The van der Waals surface area contributed by atoms with Gasteiger partial charge in [-0.1, -0.05) is 17.3 Å². The molecule has 116 valence electrons. The van der Waals surface area contributed by atoms with Gasteiger partial charge in [0.1, 0.15) is 11.5 Å². The van der Waals surface area contributed by atoms with Crippen molar-refractivity contribution >= 4 is 11.7 Å². The summed E-state index contributed by atoms with van der Waals surface area (Å²) in [5, 5.41) is 16.0. The maximum absolute atomic E-state index is 10.5. The Kier molecular flexibility index (Phi) is 4.42. The van der Waals surface area contributed by atoms with Crippen molar-refractivity contribution in [2.24, 2.45) is 0 Å². The number of benzene rings is 1. The molecule has 2 aromatic rings. The van der Waals surface area contributed by atoms with Crippen LogP contribution >= 0.6 is 0 Å². The van der Waals surface area contributed by atoms with Gasteiger partial charge in [0, 0.05) is 24.1 Å². The van der Waals surface area contributed by atoms with Crippen LogP contribution in [0.1, 0.15) is 48.6 Å². The van der Waals surface area contributed by atoms with Gasteiger partial charge in [-0.05, 0) is 43.4 Å². The Morgan fingerprint density at radius 3 is 2.77 bits per heavy atom. The van der Waals surface area contributed by atoms with Crippen LogP contribution < -0.4 is 5.32 Å². The molecule has 0 unspecified atom stereocenters. The summed E-state index contributed by atoms with van der Waals surface area (Å²) in [6.07, 6.45) is 4.11. The third kappa shape index (κ3) is 4.10. The number of hydrogen-bond acceptors (Lipinski definition) is 4. The van der Waals surface area contributed by atoms with Gasteiger partial charge in [0.25, 0.3) is 0 Å². The van der Waals surface area contributed by atoms with E-state index in [4.69, 9.17) is 9.63 Å². The Morgan fingerprint density at radius 1 is 1.32 bits per heavy atom. The topological polar surface area (TPSA) is 75.4 Å². The van der Waals surface area contributed by atoms with Gasteiger partial charge >= 0.3 is 5.97 Å². The fourth-order valence-corrected chi connectivity index (χ4v) is 2.40. The van der Waals surface area contributed by atoms with Crippen LogP contribution in [0, 0.1) is 0 Å². The summed E-state index contributed by atoms with van der Waals surface area (Å²) in [6, 6.07) is 10.1. The Balaban J connectivity index is 1.46. The molecule has 22 heavy (non-hydrogen) atoms. The summed E-state index contributed by atoms with van der Waals surface area (Å²) in [6.45, 7) is 0.647. The number of nitrogens with one attached hydrogen (secondary N) is 1. The molecule has 1 fully saturated rings. The number of carboxylic acid groups (broad SMARTS) is 1. The smallest absolute Gasteiger partial charge is 0.303 e. The lowest BCUT2D eigenvalue weighted by Gasteiger charge is -2.05. The summed E-state index contributed by atoms with van der Waals surface area (Å²) in [4.78, 5) is 10.5. The summed E-state index contributed by atoms with van der Waals surface area (Å²) < 4.78 is 5.32. The lowest BCUT2D eigenvalue weighted by Crippen LogP contribution is -2.00. The Morgan fingerprint density at radius 2 is 2.09 bits per heavy atom. The van der Waals surface area contributed by atoms with Gasteiger partial charge in [-0.3, -0.25) is 4.79 Å². The van der Waals surface area contributed by atoms with E-state index in [1.54, 1.807) is 0 Å². The number of aryl methyl sites for hydroxylation is 1. The summed E-state index contributed by atoms with van der Waals surface area (Å²) in [7, 11) is 0. The van der Waals surface area contributed by atoms with Crippen LogP contribution in [0.2, 0.25) is 0 Å². The highest BCUT2D eigenvalue weighted by Gasteiger charge is 2.27. The van der Waals surface area contributed by atoms with Crippen LogP contribution in [0.5, 0.6) is 0 Å².